The highest BCUT2D eigenvalue weighted by Gasteiger charge is 2.39. The first kappa shape index (κ1) is 19.9. The number of nitrogen functional groups attached to an aromatic ring is 1. The van der Waals surface area contributed by atoms with E-state index in [1.165, 1.54) is 17.6 Å². The lowest BCUT2D eigenvalue weighted by Gasteiger charge is -2.24. The van der Waals surface area contributed by atoms with Gasteiger partial charge in [0, 0.05) is 22.4 Å². The molecular formula is C19H18FN3O4. The molecule has 0 bridgehead atoms. The smallest absolute Gasteiger partial charge is 0.271 e. The summed E-state index contributed by atoms with van der Waals surface area (Å²) in [6.45, 7) is 0.682. The number of carbonyl (C=O) groups is 2. The zero-order valence-corrected chi connectivity index (χ0v) is 14.4. The molecule has 0 unspecified atom stereocenters. The molecule has 2 rings (SSSR count). The number of nitrogens with one attached hydrogen (secondary N) is 2. The van der Waals surface area contributed by atoms with Crippen molar-refractivity contribution in [2.75, 3.05) is 5.73 Å². The SMILES string of the molecule is C[C@@](O)(F)[C@H](NC(=O)c1ccc(C#Cc2ccccc2N)cc1)C(=O)NO. The Kier molecular flexibility index (Phi) is 6.13. The Morgan fingerprint density at radius 1 is 1.15 bits per heavy atom. The number of aliphatic hydroxyl groups is 1. The number of benzene rings is 2. The topological polar surface area (TPSA) is 125 Å². The van der Waals surface area contributed by atoms with Gasteiger partial charge in [0.2, 0.25) is 5.85 Å². The van der Waals surface area contributed by atoms with Gasteiger partial charge in [0.05, 0.1) is 0 Å². The van der Waals surface area contributed by atoms with Crippen molar-refractivity contribution >= 4 is 17.5 Å². The third-order valence-corrected chi connectivity index (χ3v) is 3.62. The van der Waals surface area contributed by atoms with Crippen LogP contribution in [-0.2, 0) is 4.79 Å². The van der Waals surface area contributed by atoms with Crippen molar-refractivity contribution in [3.05, 3.63) is 65.2 Å². The van der Waals surface area contributed by atoms with Crippen molar-refractivity contribution in [3.8, 4) is 11.8 Å². The van der Waals surface area contributed by atoms with Crippen LogP contribution in [0.15, 0.2) is 48.5 Å². The van der Waals surface area contributed by atoms with Crippen LogP contribution in [0.2, 0.25) is 0 Å². The van der Waals surface area contributed by atoms with Gasteiger partial charge in [-0.3, -0.25) is 14.8 Å². The highest BCUT2D eigenvalue weighted by Crippen LogP contribution is 2.13. The number of alkyl halides is 1. The van der Waals surface area contributed by atoms with E-state index in [2.05, 4.69) is 11.8 Å². The number of hydrogen-bond donors (Lipinski definition) is 5. The number of nitrogens with two attached hydrogens (primary N) is 1. The second-order valence-electron chi connectivity index (χ2n) is 5.82. The molecule has 8 heteroatoms. The van der Waals surface area contributed by atoms with Crippen LogP contribution in [0.1, 0.15) is 28.4 Å². The van der Waals surface area contributed by atoms with Gasteiger partial charge in [-0.2, -0.15) is 0 Å². The monoisotopic (exact) mass is 371 g/mol. The van der Waals surface area contributed by atoms with Gasteiger partial charge in [0.1, 0.15) is 0 Å². The van der Waals surface area contributed by atoms with Gasteiger partial charge in [0.25, 0.3) is 11.8 Å². The Morgan fingerprint density at radius 3 is 2.33 bits per heavy atom. The molecule has 2 aromatic rings. The molecule has 0 spiro atoms. The van der Waals surface area contributed by atoms with E-state index >= 15 is 0 Å². The fourth-order valence-corrected chi connectivity index (χ4v) is 2.17. The van der Waals surface area contributed by atoms with E-state index in [1.807, 2.05) is 11.4 Å². The molecule has 140 valence electrons. The molecular weight excluding hydrogens is 353 g/mol. The van der Waals surface area contributed by atoms with Crippen LogP contribution in [0, 0.1) is 11.8 Å². The van der Waals surface area contributed by atoms with Crippen LogP contribution < -0.4 is 16.5 Å². The maximum Gasteiger partial charge on any atom is 0.271 e. The van der Waals surface area contributed by atoms with Gasteiger partial charge >= 0.3 is 0 Å². The van der Waals surface area contributed by atoms with Crippen LogP contribution in [0.5, 0.6) is 0 Å². The lowest BCUT2D eigenvalue weighted by atomic mass is 10.1. The van der Waals surface area contributed by atoms with Gasteiger partial charge < -0.3 is 16.2 Å². The summed E-state index contributed by atoms with van der Waals surface area (Å²) in [4.78, 5) is 23.6. The second kappa shape index (κ2) is 8.31. The van der Waals surface area contributed by atoms with E-state index < -0.39 is 23.7 Å². The van der Waals surface area contributed by atoms with E-state index in [4.69, 9.17) is 10.9 Å². The van der Waals surface area contributed by atoms with Crippen molar-refractivity contribution in [1.29, 1.82) is 0 Å². The van der Waals surface area contributed by atoms with E-state index in [0.29, 0.717) is 23.7 Å². The Morgan fingerprint density at radius 2 is 1.78 bits per heavy atom. The minimum Gasteiger partial charge on any atom is -0.398 e. The zero-order chi connectivity index (χ0) is 20.0. The quantitative estimate of drug-likeness (QED) is 0.237. The van der Waals surface area contributed by atoms with E-state index in [9.17, 15) is 19.1 Å². The Bertz CT molecular complexity index is 896. The van der Waals surface area contributed by atoms with Gasteiger partial charge in [-0.15, -0.1) is 0 Å². The summed E-state index contributed by atoms with van der Waals surface area (Å²) in [6, 6.07) is 11.1. The predicted octanol–water partition coefficient (Wildman–Crippen LogP) is 0.950. The van der Waals surface area contributed by atoms with E-state index in [0.717, 1.165) is 0 Å². The fourth-order valence-electron chi connectivity index (χ4n) is 2.17. The summed E-state index contributed by atoms with van der Waals surface area (Å²) >= 11 is 0. The zero-order valence-electron chi connectivity index (χ0n) is 14.4. The van der Waals surface area contributed by atoms with Crippen molar-refractivity contribution < 1.29 is 24.3 Å². The van der Waals surface area contributed by atoms with Crippen LogP contribution in [0.3, 0.4) is 0 Å². The summed E-state index contributed by atoms with van der Waals surface area (Å²) in [5.74, 6) is 0.645. The van der Waals surface area contributed by atoms with Crippen LogP contribution >= 0.6 is 0 Å². The average Bonchev–Trinajstić information content (AvgIpc) is 2.64. The summed E-state index contributed by atoms with van der Waals surface area (Å²) in [5.41, 5.74) is 8.94. The fraction of sp³-hybridized carbons (Fsp3) is 0.158. The molecule has 0 fully saturated rings. The molecule has 27 heavy (non-hydrogen) atoms. The molecule has 0 heterocycles. The standard InChI is InChI=1S/C19H18FN3O4/c1-19(20,26)16(18(25)23-27)22-17(24)14-10-7-12(8-11-14)6-9-13-4-2-3-5-15(13)21/h2-5,7-8,10-11,16,26-27H,21H2,1H3,(H,22,24)(H,23,25)/t16-,19+/m1/s1. The largest absolute Gasteiger partial charge is 0.398 e. The molecule has 6 N–H and O–H groups in total. The molecule has 0 radical (unpaired) electrons. The first-order valence-electron chi connectivity index (χ1n) is 7.85. The molecule has 2 aromatic carbocycles. The van der Waals surface area contributed by atoms with Gasteiger partial charge in [-0.1, -0.05) is 24.0 Å². The first-order chi connectivity index (χ1) is 12.7. The minimum atomic E-state index is -3.07. The van der Waals surface area contributed by atoms with Crippen molar-refractivity contribution in [1.82, 2.24) is 10.8 Å². The number of carbonyl (C=O) groups excluding carboxylic acids is 2. The predicted molar refractivity (Wildman–Crippen MR) is 96.2 cm³/mol. The van der Waals surface area contributed by atoms with Crippen molar-refractivity contribution in [2.24, 2.45) is 0 Å². The average molecular weight is 371 g/mol. The maximum absolute atomic E-state index is 13.7. The molecule has 0 aromatic heterocycles. The van der Waals surface area contributed by atoms with Crippen LogP contribution in [0.25, 0.3) is 0 Å². The Hall–Kier alpha value is -3.41. The number of amides is 2. The van der Waals surface area contributed by atoms with E-state index in [-0.39, 0.29) is 5.56 Å². The molecule has 0 aliphatic heterocycles. The molecule has 0 aliphatic carbocycles. The lowest BCUT2D eigenvalue weighted by molar-refractivity contribution is -0.150. The van der Waals surface area contributed by atoms with Crippen LogP contribution in [0.4, 0.5) is 10.1 Å². The molecule has 7 nitrogen and oxygen atoms in total. The highest BCUT2D eigenvalue weighted by molar-refractivity contribution is 5.97. The highest BCUT2D eigenvalue weighted by atomic mass is 19.2. The third kappa shape index (κ3) is 5.28. The molecule has 0 saturated heterocycles. The van der Waals surface area contributed by atoms with E-state index in [1.54, 1.807) is 30.3 Å². The molecule has 2 atom stereocenters. The van der Waals surface area contributed by atoms with Crippen molar-refractivity contribution in [3.63, 3.8) is 0 Å². The maximum atomic E-state index is 13.7. The number of rotatable bonds is 4. The molecule has 0 aliphatic rings. The lowest BCUT2D eigenvalue weighted by Crippen LogP contribution is -2.56. The van der Waals surface area contributed by atoms with Gasteiger partial charge in [-0.05, 0) is 43.3 Å². The number of hydroxylamine groups is 1. The van der Waals surface area contributed by atoms with Gasteiger partial charge in [-0.25, -0.2) is 9.87 Å². The third-order valence-electron chi connectivity index (χ3n) is 3.62. The molecule has 0 saturated carbocycles. The summed E-state index contributed by atoms with van der Waals surface area (Å²) in [7, 11) is 0. The first-order valence-corrected chi connectivity index (χ1v) is 7.85. The second-order valence-corrected chi connectivity index (χ2v) is 5.82. The number of para-hydroxylation sites is 1. The summed E-state index contributed by atoms with van der Waals surface area (Å²) in [6.07, 6.45) is 0. The van der Waals surface area contributed by atoms with Crippen LogP contribution in [-0.4, -0.2) is 34.0 Å². The normalized spacial score (nSPS) is 13.5. The summed E-state index contributed by atoms with van der Waals surface area (Å²) < 4.78 is 13.7. The van der Waals surface area contributed by atoms with Crippen molar-refractivity contribution in [2.45, 2.75) is 18.8 Å². The summed E-state index contributed by atoms with van der Waals surface area (Å²) in [5, 5.41) is 20.0. The Labute approximate surface area is 155 Å². The Balaban J connectivity index is 2.14. The van der Waals surface area contributed by atoms with Gasteiger partial charge in [0.15, 0.2) is 6.04 Å². The minimum absolute atomic E-state index is 0.111. The number of anilines is 1. The molecule has 2 amide bonds. The number of hydrogen-bond acceptors (Lipinski definition) is 5. The number of halogens is 1.